The Morgan fingerprint density at radius 3 is 2.55 bits per heavy atom. The molecule has 1 aromatic heterocycles. The highest BCUT2D eigenvalue weighted by Crippen LogP contribution is 2.19. The molecule has 0 bridgehead atoms. The molecule has 1 heterocycles. The predicted octanol–water partition coefficient (Wildman–Crippen LogP) is 4.60. The van der Waals surface area contributed by atoms with Crippen molar-refractivity contribution in [2.24, 2.45) is 0 Å². The van der Waals surface area contributed by atoms with E-state index in [9.17, 15) is 4.79 Å². The maximum atomic E-state index is 12.3. The van der Waals surface area contributed by atoms with Crippen molar-refractivity contribution in [3.05, 3.63) is 77.3 Å². The number of amides is 1. The predicted molar refractivity (Wildman–Crippen MR) is 125 cm³/mol. The molecule has 2 N–H and O–H groups in total. The van der Waals surface area contributed by atoms with Crippen molar-refractivity contribution in [3.63, 3.8) is 0 Å². The van der Waals surface area contributed by atoms with E-state index in [0.717, 1.165) is 17.0 Å². The lowest BCUT2D eigenvalue weighted by Gasteiger charge is -2.10. The third kappa shape index (κ3) is 4.82. The van der Waals surface area contributed by atoms with E-state index in [4.69, 9.17) is 28.6 Å². The van der Waals surface area contributed by atoms with Crippen LogP contribution in [0, 0.1) is 0 Å². The smallest absolute Gasteiger partial charge is 0.258 e. The van der Waals surface area contributed by atoms with Gasteiger partial charge in [-0.15, -0.1) is 10.2 Å². The molecule has 0 unspecified atom stereocenters. The van der Waals surface area contributed by atoms with Crippen LogP contribution in [0.15, 0.2) is 66.7 Å². The van der Waals surface area contributed by atoms with E-state index in [2.05, 4.69) is 20.8 Å². The molecule has 0 radical (unpaired) electrons. The fourth-order valence-corrected chi connectivity index (χ4v) is 3.36. The van der Waals surface area contributed by atoms with Gasteiger partial charge in [0.2, 0.25) is 0 Å². The molecule has 156 valence electrons. The highest BCUT2D eigenvalue weighted by molar-refractivity contribution is 7.80. The number of carbonyl (C=O) groups is 1. The Bertz CT molecular complexity index is 1260. The molecule has 3 aromatic carbocycles. The first-order valence-corrected chi connectivity index (χ1v) is 10.3. The average molecular weight is 452 g/mol. The zero-order valence-corrected chi connectivity index (χ0v) is 18.1. The van der Waals surface area contributed by atoms with Gasteiger partial charge in [0.15, 0.2) is 5.11 Å². The first-order valence-electron chi connectivity index (χ1n) is 9.50. The van der Waals surface area contributed by atoms with Crippen LogP contribution in [0.25, 0.3) is 16.7 Å². The Labute approximate surface area is 189 Å². The highest BCUT2D eigenvalue weighted by Gasteiger charge is 2.12. The molecule has 1 amide bonds. The van der Waals surface area contributed by atoms with Crippen LogP contribution in [-0.2, 0) is 0 Å². The number of fused-ring (bicyclic) bond motifs is 1. The Balaban J connectivity index is 1.47. The maximum absolute atomic E-state index is 12.3. The Hall–Kier alpha value is -3.49. The first-order chi connectivity index (χ1) is 15.0. The number of hydrogen-bond donors (Lipinski definition) is 2. The summed E-state index contributed by atoms with van der Waals surface area (Å²) in [6.07, 6.45) is 0. The number of hydrogen-bond acceptors (Lipinski definition) is 5. The van der Waals surface area contributed by atoms with Gasteiger partial charge < -0.3 is 10.1 Å². The lowest BCUT2D eigenvalue weighted by molar-refractivity contribution is 0.0978. The van der Waals surface area contributed by atoms with Crippen LogP contribution in [0.4, 0.5) is 5.69 Å². The molecule has 0 atom stereocenters. The summed E-state index contributed by atoms with van der Waals surface area (Å²) in [5.41, 5.74) is 3.25. The van der Waals surface area contributed by atoms with Crippen LogP contribution < -0.4 is 15.4 Å². The van der Waals surface area contributed by atoms with Gasteiger partial charge in [0.1, 0.15) is 16.8 Å². The summed E-state index contributed by atoms with van der Waals surface area (Å²) in [6, 6.07) is 19.7. The second-order valence-electron chi connectivity index (χ2n) is 6.51. The monoisotopic (exact) mass is 451 g/mol. The zero-order chi connectivity index (χ0) is 21.8. The molecular formula is C22H18ClN5O2S. The van der Waals surface area contributed by atoms with Crippen molar-refractivity contribution in [1.29, 1.82) is 0 Å². The number of nitrogens with one attached hydrogen (secondary N) is 2. The second-order valence-corrected chi connectivity index (χ2v) is 7.32. The molecule has 0 aliphatic heterocycles. The van der Waals surface area contributed by atoms with Gasteiger partial charge in [-0.1, -0.05) is 23.7 Å². The summed E-state index contributed by atoms with van der Waals surface area (Å²) in [5.74, 6) is 0.410. The number of nitrogens with zero attached hydrogens (tertiary/aromatic N) is 3. The van der Waals surface area contributed by atoms with Crippen molar-refractivity contribution in [3.8, 4) is 11.4 Å². The van der Waals surface area contributed by atoms with Crippen LogP contribution in [0.5, 0.6) is 5.75 Å². The normalized spacial score (nSPS) is 10.6. The van der Waals surface area contributed by atoms with Gasteiger partial charge in [0.25, 0.3) is 5.91 Å². The van der Waals surface area contributed by atoms with Crippen molar-refractivity contribution < 1.29 is 9.53 Å². The Morgan fingerprint density at radius 1 is 1.06 bits per heavy atom. The van der Waals surface area contributed by atoms with E-state index in [1.807, 2.05) is 43.3 Å². The Morgan fingerprint density at radius 2 is 1.81 bits per heavy atom. The van der Waals surface area contributed by atoms with Gasteiger partial charge >= 0.3 is 0 Å². The number of carbonyl (C=O) groups excluding carboxylic acids is 1. The average Bonchev–Trinajstić information content (AvgIpc) is 3.18. The van der Waals surface area contributed by atoms with Gasteiger partial charge in [-0.25, -0.2) is 0 Å². The number of ether oxygens (including phenoxy) is 1. The van der Waals surface area contributed by atoms with E-state index >= 15 is 0 Å². The first kappa shape index (κ1) is 20.8. The summed E-state index contributed by atoms with van der Waals surface area (Å²) >= 11 is 11.3. The van der Waals surface area contributed by atoms with E-state index in [-0.39, 0.29) is 11.0 Å². The minimum Gasteiger partial charge on any atom is -0.494 e. The van der Waals surface area contributed by atoms with Gasteiger partial charge in [-0.05, 0) is 73.7 Å². The van der Waals surface area contributed by atoms with Crippen LogP contribution in [-0.4, -0.2) is 32.6 Å². The van der Waals surface area contributed by atoms with Crippen molar-refractivity contribution >= 4 is 51.6 Å². The molecule has 7 nitrogen and oxygen atoms in total. The number of aromatic nitrogens is 3. The molecule has 0 spiro atoms. The quantitative estimate of drug-likeness (QED) is 0.431. The number of halogens is 1. The molecule has 0 aliphatic rings. The number of rotatable bonds is 5. The van der Waals surface area contributed by atoms with Crippen molar-refractivity contribution in [2.75, 3.05) is 11.9 Å². The van der Waals surface area contributed by atoms with Gasteiger partial charge in [-0.3, -0.25) is 10.1 Å². The van der Waals surface area contributed by atoms with E-state index in [1.54, 1.807) is 35.1 Å². The summed E-state index contributed by atoms with van der Waals surface area (Å²) in [5, 5.41) is 15.1. The molecule has 0 saturated heterocycles. The molecule has 0 saturated carbocycles. The largest absolute Gasteiger partial charge is 0.494 e. The summed E-state index contributed by atoms with van der Waals surface area (Å²) in [6.45, 7) is 2.55. The minimum absolute atomic E-state index is 0.156. The van der Waals surface area contributed by atoms with E-state index in [1.165, 1.54) is 0 Å². The highest BCUT2D eigenvalue weighted by atomic mass is 35.5. The number of benzene rings is 3. The molecular weight excluding hydrogens is 434 g/mol. The molecule has 9 heteroatoms. The van der Waals surface area contributed by atoms with Gasteiger partial charge in [0.05, 0.1) is 22.9 Å². The molecule has 0 aliphatic carbocycles. The third-order valence-corrected chi connectivity index (χ3v) is 4.90. The number of thiocarbonyl (C=S) groups is 1. The molecule has 0 fully saturated rings. The standard InChI is InChI=1S/C22H18ClN5O2S/c1-2-30-16-10-8-15(9-11-16)28-26-19-12-7-14(13-20(19)27-28)24-22(31)25-21(29)17-5-3-4-6-18(17)23/h3-13H,2H2,1H3,(H2,24,25,29,31). The van der Waals surface area contributed by atoms with Gasteiger partial charge in [0, 0.05) is 5.69 Å². The van der Waals surface area contributed by atoms with E-state index in [0.29, 0.717) is 28.4 Å². The zero-order valence-electron chi connectivity index (χ0n) is 16.5. The van der Waals surface area contributed by atoms with Crippen LogP contribution >= 0.6 is 23.8 Å². The maximum Gasteiger partial charge on any atom is 0.258 e. The molecule has 4 rings (SSSR count). The summed E-state index contributed by atoms with van der Waals surface area (Å²) in [4.78, 5) is 13.9. The topological polar surface area (TPSA) is 81.1 Å². The molecule has 4 aromatic rings. The van der Waals surface area contributed by atoms with Crippen LogP contribution in [0.1, 0.15) is 17.3 Å². The number of anilines is 1. The lowest BCUT2D eigenvalue weighted by Crippen LogP contribution is -2.34. The molecule has 31 heavy (non-hydrogen) atoms. The van der Waals surface area contributed by atoms with Gasteiger partial charge in [-0.2, -0.15) is 4.80 Å². The lowest BCUT2D eigenvalue weighted by atomic mass is 10.2. The SMILES string of the molecule is CCOc1ccc(-n2nc3ccc(NC(=S)NC(=O)c4ccccc4Cl)cc3n2)cc1. The fourth-order valence-electron chi connectivity index (χ4n) is 2.93. The second kappa shape index (κ2) is 9.11. The van der Waals surface area contributed by atoms with Crippen molar-refractivity contribution in [2.45, 2.75) is 6.92 Å². The minimum atomic E-state index is -0.384. The van der Waals surface area contributed by atoms with Crippen LogP contribution in [0.3, 0.4) is 0 Å². The fraction of sp³-hybridized carbons (Fsp3) is 0.0909. The third-order valence-electron chi connectivity index (χ3n) is 4.36. The summed E-state index contributed by atoms with van der Waals surface area (Å²) < 4.78 is 5.46. The van der Waals surface area contributed by atoms with Crippen molar-refractivity contribution in [1.82, 2.24) is 20.3 Å². The van der Waals surface area contributed by atoms with E-state index < -0.39 is 0 Å². The summed E-state index contributed by atoms with van der Waals surface area (Å²) in [7, 11) is 0. The Kier molecular flexibility index (Phi) is 6.11. The van der Waals surface area contributed by atoms with Crippen LogP contribution in [0.2, 0.25) is 5.02 Å².